The van der Waals surface area contributed by atoms with Gasteiger partial charge in [0.25, 0.3) is 0 Å². The van der Waals surface area contributed by atoms with E-state index in [-0.39, 0.29) is 5.84 Å². The third kappa shape index (κ3) is 2.94. The molecule has 0 radical (unpaired) electrons. The van der Waals surface area contributed by atoms with Gasteiger partial charge in [-0.05, 0) is 70.6 Å². The summed E-state index contributed by atoms with van der Waals surface area (Å²) >= 11 is 5.10. The van der Waals surface area contributed by atoms with E-state index >= 15 is 0 Å². The summed E-state index contributed by atoms with van der Waals surface area (Å²) in [4.78, 5) is 2.15. The third-order valence-electron chi connectivity index (χ3n) is 3.64. The largest absolute Gasteiger partial charge is 0.409 e. The standard InChI is InChI=1S/C16H15BrN2OS/c17-13-5-2-6-14(15(13)16(18)19-20)21-12-8-7-10-3-1-4-11(10)9-12/h2,5-9,20H,1,3-4H2,(H2,18,19). The highest BCUT2D eigenvalue weighted by Gasteiger charge is 2.15. The average Bonchev–Trinajstić information content (AvgIpc) is 2.94. The number of aryl methyl sites for hydroxylation is 2. The van der Waals surface area contributed by atoms with Crippen molar-refractivity contribution in [2.75, 3.05) is 0 Å². The van der Waals surface area contributed by atoms with Gasteiger partial charge in [-0.3, -0.25) is 0 Å². The van der Waals surface area contributed by atoms with Crippen LogP contribution in [0.4, 0.5) is 0 Å². The number of fused-ring (bicyclic) bond motifs is 1. The lowest BCUT2D eigenvalue weighted by Crippen LogP contribution is -2.15. The minimum absolute atomic E-state index is 0.117. The summed E-state index contributed by atoms with van der Waals surface area (Å²) in [6, 6.07) is 12.4. The van der Waals surface area contributed by atoms with Crippen LogP contribution >= 0.6 is 27.7 Å². The highest BCUT2D eigenvalue weighted by atomic mass is 79.9. The molecule has 2 aromatic rings. The van der Waals surface area contributed by atoms with E-state index in [4.69, 9.17) is 10.9 Å². The van der Waals surface area contributed by atoms with Crippen LogP contribution in [0.2, 0.25) is 0 Å². The molecular weight excluding hydrogens is 348 g/mol. The van der Waals surface area contributed by atoms with Gasteiger partial charge in [0.15, 0.2) is 5.84 Å². The number of rotatable bonds is 3. The van der Waals surface area contributed by atoms with Gasteiger partial charge < -0.3 is 10.9 Å². The average molecular weight is 363 g/mol. The van der Waals surface area contributed by atoms with E-state index in [0.29, 0.717) is 0 Å². The number of oxime groups is 1. The maximum absolute atomic E-state index is 8.96. The zero-order chi connectivity index (χ0) is 14.8. The lowest BCUT2D eigenvalue weighted by molar-refractivity contribution is 0.318. The number of nitrogens with two attached hydrogens (primary N) is 1. The van der Waals surface area contributed by atoms with E-state index < -0.39 is 0 Å². The lowest BCUT2D eigenvalue weighted by atomic mass is 10.1. The van der Waals surface area contributed by atoms with Gasteiger partial charge in [0.05, 0.1) is 0 Å². The molecule has 3 N–H and O–H groups in total. The van der Waals surface area contributed by atoms with Crippen molar-refractivity contribution in [3.05, 3.63) is 57.6 Å². The van der Waals surface area contributed by atoms with Gasteiger partial charge >= 0.3 is 0 Å². The van der Waals surface area contributed by atoms with Crippen LogP contribution in [0.25, 0.3) is 0 Å². The van der Waals surface area contributed by atoms with Gasteiger partial charge in [0.2, 0.25) is 0 Å². The number of halogens is 1. The minimum Gasteiger partial charge on any atom is -0.409 e. The summed E-state index contributed by atoms with van der Waals surface area (Å²) in [5, 5.41) is 12.1. The Balaban J connectivity index is 1.97. The second kappa shape index (κ2) is 6.12. The fourth-order valence-corrected chi connectivity index (χ4v) is 4.38. The zero-order valence-corrected chi connectivity index (χ0v) is 13.7. The number of nitrogens with zero attached hydrogens (tertiary/aromatic N) is 1. The predicted molar refractivity (Wildman–Crippen MR) is 89.2 cm³/mol. The van der Waals surface area contributed by atoms with Crippen molar-refractivity contribution in [2.45, 2.75) is 29.1 Å². The minimum atomic E-state index is 0.117. The van der Waals surface area contributed by atoms with Crippen LogP contribution < -0.4 is 5.73 Å². The molecule has 1 aliphatic rings. The van der Waals surface area contributed by atoms with Crippen LogP contribution in [0, 0.1) is 0 Å². The molecule has 0 bridgehead atoms. The van der Waals surface area contributed by atoms with Crippen molar-refractivity contribution >= 4 is 33.5 Å². The summed E-state index contributed by atoms with van der Waals surface area (Å²) in [5.74, 6) is 0.117. The first-order valence-corrected chi connectivity index (χ1v) is 8.36. The van der Waals surface area contributed by atoms with Crippen molar-refractivity contribution in [3.63, 3.8) is 0 Å². The number of hydrogen-bond acceptors (Lipinski definition) is 3. The molecule has 0 spiro atoms. The second-order valence-electron chi connectivity index (χ2n) is 4.98. The normalized spacial score (nSPS) is 14.2. The molecule has 0 fully saturated rings. The van der Waals surface area contributed by atoms with Crippen LogP contribution in [0.1, 0.15) is 23.1 Å². The smallest absolute Gasteiger partial charge is 0.172 e. The highest BCUT2D eigenvalue weighted by Crippen LogP contribution is 2.36. The SMILES string of the molecule is N/C(=N/O)c1c(Br)cccc1Sc1ccc2c(c1)CCC2. The topological polar surface area (TPSA) is 58.6 Å². The Bertz CT molecular complexity index is 715. The first kappa shape index (κ1) is 14.5. The molecule has 0 aromatic heterocycles. The Morgan fingerprint density at radius 2 is 2.00 bits per heavy atom. The quantitative estimate of drug-likeness (QED) is 0.372. The monoisotopic (exact) mass is 362 g/mol. The molecular formula is C16H15BrN2OS. The van der Waals surface area contributed by atoms with E-state index in [2.05, 4.69) is 39.3 Å². The van der Waals surface area contributed by atoms with Gasteiger partial charge in [-0.1, -0.05) is 29.1 Å². The Morgan fingerprint density at radius 3 is 2.81 bits per heavy atom. The number of amidine groups is 1. The van der Waals surface area contributed by atoms with Crippen LogP contribution in [-0.2, 0) is 12.8 Å². The van der Waals surface area contributed by atoms with Gasteiger partial charge in [0.1, 0.15) is 0 Å². The van der Waals surface area contributed by atoms with Gasteiger partial charge in [-0.15, -0.1) is 0 Å². The molecule has 0 saturated carbocycles. The van der Waals surface area contributed by atoms with Crippen LogP contribution in [0.3, 0.4) is 0 Å². The van der Waals surface area contributed by atoms with Crippen molar-refractivity contribution < 1.29 is 5.21 Å². The fourth-order valence-electron chi connectivity index (χ4n) is 2.63. The van der Waals surface area contributed by atoms with E-state index in [0.717, 1.165) is 21.4 Å². The molecule has 2 aromatic carbocycles. The van der Waals surface area contributed by atoms with E-state index in [9.17, 15) is 0 Å². The van der Waals surface area contributed by atoms with E-state index in [1.165, 1.54) is 28.9 Å². The molecule has 3 nitrogen and oxygen atoms in total. The Morgan fingerprint density at radius 1 is 1.19 bits per heavy atom. The number of benzene rings is 2. The first-order valence-electron chi connectivity index (χ1n) is 6.75. The van der Waals surface area contributed by atoms with E-state index in [1.807, 2.05) is 18.2 Å². The molecule has 0 unspecified atom stereocenters. The maximum atomic E-state index is 8.96. The molecule has 0 aliphatic heterocycles. The molecule has 5 heteroatoms. The van der Waals surface area contributed by atoms with Crippen molar-refractivity contribution in [1.29, 1.82) is 0 Å². The summed E-state index contributed by atoms with van der Waals surface area (Å²) in [6.07, 6.45) is 3.59. The molecule has 3 rings (SSSR count). The van der Waals surface area contributed by atoms with Gasteiger partial charge in [-0.25, -0.2) is 0 Å². The molecule has 0 atom stereocenters. The second-order valence-corrected chi connectivity index (χ2v) is 6.95. The number of hydrogen-bond donors (Lipinski definition) is 2. The van der Waals surface area contributed by atoms with Crippen molar-refractivity contribution in [3.8, 4) is 0 Å². The van der Waals surface area contributed by atoms with Crippen molar-refractivity contribution in [2.24, 2.45) is 10.9 Å². The van der Waals surface area contributed by atoms with Crippen LogP contribution in [0.15, 0.2) is 55.8 Å². The molecule has 1 aliphatic carbocycles. The van der Waals surface area contributed by atoms with Crippen molar-refractivity contribution in [1.82, 2.24) is 0 Å². The third-order valence-corrected chi connectivity index (χ3v) is 5.35. The Labute approximate surface area is 136 Å². The zero-order valence-electron chi connectivity index (χ0n) is 11.3. The molecule has 21 heavy (non-hydrogen) atoms. The first-order chi connectivity index (χ1) is 10.2. The summed E-state index contributed by atoms with van der Waals surface area (Å²) in [7, 11) is 0. The summed E-state index contributed by atoms with van der Waals surface area (Å²) in [6.45, 7) is 0. The molecule has 0 saturated heterocycles. The molecule has 0 heterocycles. The van der Waals surface area contributed by atoms with Crippen LogP contribution in [-0.4, -0.2) is 11.0 Å². The molecule has 0 amide bonds. The fraction of sp³-hybridized carbons (Fsp3) is 0.188. The van der Waals surface area contributed by atoms with Gasteiger partial charge in [-0.2, -0.15) is 0 Å². The Kier molecular flexibility index (Phi) is 4.22. The lowest BCUT2D eigenvalue weighted by Gasteiger charge is -2.11. The predicted octanol–water partition coefficient (Wildman–Crippen LogP) is 4.18. The van der Waals surface area contributed by atoms with Crippen LogP contribution in [0.5, 0.6) is 0 Å². The summed E-state index contributed by atoms with van der Waals surface area (Å²) < 4.78 is 0.823. The highest BCUT2D eigenvalue weighted by molar-refractivity contribution is 9.10. The van der Waals surface area contributed by atoms with E-state index in [1.54, 1.807) is 11.8 Å². The maximum Gasteiger partial charge on any atom is 0.172 e. The molecule has 108 valence electrons. The summed E-state index contributed by atoms with van der Waals surface area (Å²) in [5.41, 5.74) is 9.43. The Hall–Kier alpha value is -1.46. The van der Waals surface area contributed by atoms with Gasteiger partial charge in [0, 0.05) is 19.8 Å².